The van der Waals surface area contributed by atoms with Crippen molar-refractivity contribution in [2.75, 3.05) is 45.3 Å². The fourth-order valence-corrected chi connectivity index (χ4v) is 2.55. The molecule has 2 aromatic rings. The molecule has 0 fully saturated rings. The number of para-hydroxylation sites is 1. The molecule has 0 saturated carbocycles. The standard InChI is InChI=1S/C19H26N4O4/c1-4-22(5-2)19(25)16-13-20-23(15-9-7-6-8-10-15)18(16)21-17(24)14-27-12-11-26-3/h6-10,13H,4-5,11-12,14H2,1-3H3,(H,21,24). The predicted molar refractivity (Wildman–Crippen MR) is 102 cm³/mol. The SMILES string of the molecule is CCN(CC)C(=O)c1cnn(-c2ccccc2)c1NC(=O)COCCOC. The minimum atomic E-state index is -0.364. The Kier molecular flexibility index (Phi) is 7.97. The fraction of sp³-hybridized carbons (Fsp3) is 0.421. The predicted octanol–water partition coefficient (Wildman–Crippen LogP) is 1.96. The first kappa shape index (κ1) is 20.6. The maximum absolute atomic E-state index is 12.8. The molecule has 1 aromatic carbocycles. The smallest absolute Gasteiger partial charge is 0.259 e. The van der Waals surface area contributed by atoms with Gasteiger partial charge in [-0.25, -0.2) is 4.68 Å². The van der Waals surface area contributed by atoms with Crippen LogP contribution < -0.4 is 5.32 Å². The van der Waals surface area contributed by atoms with E-state index in [4.69, 9.17) is 9.47 Å². The van der Waals surface area contributed by atoms with Gasteiger partial charge in [-0.15, -0.1) is 0 Å². The molecule has 1 aromatic heterocycles. The van der Waals surface area contributed by atoms with E-state index < -0.39 is 0 Å². The molecular weight excluding hydrogens is 348 g/mol. The van der Waals surface area contributed by atoms with Crippen molar-refractivity contribution < 1.29 is 19.1 Å². The lowest BCUT2D eigenvalue weighted by Gasteiger charge is -2.19. The number of hydrogen-bond acceptors (Lipinski definition) is 5. The van der Waals surface area contributed by atoms with Crippen LogP contribution in [0.1, 0.15) is 24.2 Å². The third-order valence-electron chi connectivity index (χ3n) is 3.97. The van der Waals surface area contributed by atoms with E-state index in [-0.39, 0.29) is 18.4 Å². The largest absolute Gasteiger partial charge is 0.382 e. The third-order valence-corrected chi connectivity index (χ3v) is 3.97. The molecule has 8 heteroatoms. The molecule has 1 N–H and O–H groups in total. The molecule has 2 amide bonds. The third kappa shape index (κ3) is 5.38. The van der Waals surface area contributed by atoms with Crippen molar-refractivity contribution in [1.82, 2.24) is 14.7 Å². The number of nitrogens with one attached hydrogen (secondary N) is 1. The van der Waals surface area contributed by atoms with Crippen LogP contribution in [0.15, 0.2) is 36.5 Å². The summed E-state index contributed by atoms with van der Waals surface area (Å²) in [6, 6.07) is 9.31. The summed E-state index contributed by atoms with van der Waals surface area (Å²) in [7, 11) is 1.56. The first-order valence-electron chi connectivity index (χ1n) is 8.91. The summed E-state index contributed by atoms with van der Waals surface area (Å²) in [5.41, 5.74) is 1.08. The fourth-order valence-electron chi connectivity index (χ4n) is 2.55. The van der Waals surface area contributed by atoms with Crippen LogP contribution in [0.25, 0.3) is 5.69 Å². The minimum absolute atomic E-state index is 0.137. The molecule has 8 nitrogen and oxygen atoms in total. The summed E-state index contributed by atoms with van der Waals surface area (Å²) in [5.74, 6) is -0.214. The van der Waals surface area contributed by atoms with Gasteiger partial charge in [-0.1, -0.05) is 18.2 Å². The lowest BCUT2D eigenvalue weighted by Crippen LogP contribution is -2.31. The summed E-state index contributed by atoms with van der Waals surface area (Å²) in [6.45, 7) is 5.53. The van der Waals surface area contributed by atoms with Crippen molar-refractivity contribution in [3.05, 3.63) is 42.1 Å². The van der Waals surface area contributed by atoms with E-state index in [9.17, 15) is 9.59 Å². The van der Waals surface area contributed by atoms with Gasteiger partial charge in [0.15, 0.2) is 0 Å². The highest BCUT2D eigenvalue weighted by Crippen LogP contribution is 2.22. The Hall–Kier alpha value is -2.71. The Morgan fingerprint density at radius 1 is 1.15 bits per heavy atom. The summed E-state index contributed by atoms with van der Waals surface area (Å²) in [4.78, 5) is 26.8. The number of hydrogen-bond donors (Lipinski definition) is 1. The van der Waals surface area contributed by atoms with Crippen LogP contribution in [0.2, 0.25) is 0 Å². The highest BCUT2D eigenvalue weighted by Gasteiger charge is 2.23. The van der Waals surface area contributed by atoms with Gasteiger partial charge >= 0.3 is 0 Å². The maximum Gasteiger partial charge on any atom is 0.259 e. The first-order chi connectivity index (χ1) is 13.1. The van der Waals surface area contributed by atoms with Crippen LogP contribution in [0, 0.1) is 0 Å². The quantitative estimate of drug-likeness (QED) is 0.643. The van der Waals surface area contributed by atoms with Gasteiger partial charge in [0.1, 0.15) is 18.0 Å². The van der Waals surface area contributed by atoms with Gasteiger partial charge in [-0.3, -0.25) is 9.59 Å². The number of carbonyl (C=O) groups excluding carboxylic acids is 2. The number of anilines is 1. The van der Waals surface area contributed by atoms with Gasteiger partial charge < -0.3 is 19.7 Å². The van der Waals surface area contributed by atoms with Gasteiger partial charge in [0.2, 0.25) is 0 Å². The topological polar surface area (TPSA) is 85.7 Å². The van der Waals surface area contributed by atoms with Crippen LogP contribution >= 0.6 is 0 Å². The highest BCUT2D eigenvalue weighted by atomic mass is 16.5. The van der Waals surface area contributed by atoms with Crippen molar-refractivity contribution in [3.63, 3.8) is 0 Å². The van der Waals surface area contributed by atoms with E-state index in [0.29, 0.717) is 37.7 Å². The molecule has 0 bridgehead atoms. The van der Waals surface area contributed by atoms with Gasteiger partial charge in [-0.05, 0) is 26.0 Å². The van der Waals surface area contributed by atoms with Crippen LogP contribution in [0.4, 0.5) is 5.82 Å². The van der Waals surface area contributed by atoms with Gasteiger partial charge in [-0.2, -0.15) is 5.10 Å². The normalized spacial score (nSPS) is 10.6. The molecule has 0 radical (unpaired) electrons. The van der Waals surface area contributed by atoms with Crippen LogP contribution in [-0.2, 0) is 14.3 Å². The van der Waals surface area contributed by atoms with Crippen molar-refractivity contribution in [2.45, 2.75) is 13.8 Å². The van der Waals surface area contributed by atoms with E-state index in [1.54, 1.807) is 16.7 Å². The zero-order valence-corrected chi connectivity index (χ0v) is 16.0. The van der Waals surface area contributed by atoms with Crippen molar-refractivity contribution in [3.8, 4) is 5.69 Å². The number of aromatic nitrogens is 2. The maximum atomic E-state index is 12.8. The number of benzene rings is 1. The van der Waals surface area contributed by atoms with Crippen molar-refractivity contribution >= 4 is 17.6 Å². The molecule has 0 aliphatic carbocycles. The highest BCUT2D eigenvalue weighted by molar-refractivity contribution is 6.03. The van der Waals surface area contributed by atoms with Crippen LogP contribution in [0.3, 0.4) is 0 Å². The Morgan fingerprint density at radius 2 is 1.85 bits per heavy atom. The lowest BCUT2D eigenvalue weighted by molar-refractivity contribution is -0.121. The molecule has 2 rings (SSSR count). The molecule has 0 aliphatic heterocycles. The second kappa shape index (κ2) is 10.4. The van der Waals surface area contributed by atoms with Crippen LogP contribution in [-0.4, -0.2) is 66.5 Å². The molecule has 1 heterocycles. The van der Waals surface area contributed by atoms with E-state index in [0.717, 1.165) is 5.69 Å². The second-order valence-electron chi connectivity index (χ2n) is 5.73. The Balaban J connectivity index is 2.28. The number of carbonyl (C=O) groups is 2. The Labute approximate surface area is 159 Å². The lowest BCUT2D eigenvalue weighted by atomic mass is 10.2. The van der Waals surface area contributed by atoms with Crippen molar-refractivity contribution in [2.24, 2.45) is 0 Å². The molecule has 0 aliphatic rings. The summed E-state index contributed by atoms with van der Waals surface area (Å²) in [5, 5.41) is 7.08. The molecule has 0 saturated heterocycles. The summed E-state index contributed by atoms with van der Waals surface area (Å²) < 4.78 is 11.7. The summed E-state index contributed by atoms with van der Waals surface area (Å²) >= 11 is 0. The van der Waals surface area contributed by atoms with Gasteiger partial charge in [0.05, 0.1) is 25.1 Å². The number of nitrogens with zero attached hydrogens (tertiary/aromatic N) is 3. The Bertz CT molecular complexity index is 741. The zero-order valence-electron chi connectivity index (χ0n) is 16.0. The molecule has 146 valence electrons. The van der Waals surface area contributed by atoms with Crippen molar-refractivity contribution in [1.29, 1.82) is 0 Å². The molecule has 0 atom stereocenters. The number of ether oxygens (including phenoxy) is 2. The monoisotopic (exact) mass is 374 g/mol. The molecular formula is C19H26N4O4. The average Bonchev–Trinajstić information content (AvgIpc) is 3.10. The second-order valence-corrected chi connectivity index (χ2v) is 5.73. The van der Waals surface area contributed by atoms with Gasteiger partial charge in [0, 0.05) is 20.2 Å². The number of amides is 2. The number of rotatable bonds is 10. The summed E-state index contributed by atoms with van der Waals surface area (Å²) in [6.07, 6.45) is 1.48. The van der Waals surface area contributed by atoms with E-state index >= 15 is 0 Å². The van der Waals surface area contributed by atoms with Crippen LogP contribution in [0.5, 0.6) is 0 Å². The van der Waals surface area contributed by atoms with Gasteiger partial charge in [0.25, 0.3) is 11.8 Å². The average molecular weight is 374 g/mol. The van der Waals surface area contributed by atoms with E-state index in [1.807, 2.05) is 44.2 Å². The zero-order chi connectivity index (χ0) is 19.6. The number of methoxy groups -OCH3 is 1. The first-order valence-corrected chi connectivity index (χ1v) is 8.91. The molecule has 27 heavy (non-hydrogen) atoms. The molecule has 0 unspecified atom stereocenters. The Morgan fingerprint density at radius 3 is 2.48 bits per heavy atom. The minimum Gasteiger partial charge on any atom is -0.382 e. The molecule has 0 spiro atoms. The van der Waals surface area contributed by atoms with E-state index in [2.05, 4.69) is 10.4 Å². The van der Waals surface area contributed by atoms with E-state index in [1.165, 1.54) is 6.20 Å².